The highest BCUT2D eigenvalue weighted by molar-refractivity contribution is 5.79. The molecule has 0 unspecified atom stereocenters. The molecule has 0 aromatic heterocycles. The van der Waals surface area contributed by atoms with Gasteiger partial charge in [0.25, 0.3) is 0 Å². The molecule has 0 aliphatic heterocycles. The van der Waals surface area contributed by atoms with Gasteiger partial charge in [-0.1, -0.05) is 6.08 Å². The van der Waals surface area contributed by atoms with E-state index in [1.807, 2.05) is 24.3 Å². The smallest absolute Gasteiger partial charge is 0.328 e. The van der Waals surface area contributed by atoms with Gasteiger partial charge in [0.1, 0.15) is 11.8 Å². The van der Waals surface area contributed by atoms with E-state index in [1.54, 1.807) is 20.1 Å². The van der Waals surface area contributed by atoms with Crippen molar-refractivity contribution in [2.45, 2.75) is 19.4 Å². The van der Waals surface area contributed by atoms with Crippen LogP contribution in [0.1, 0.15) is 13.3 Å². The van der Waals surface area contributed by atoms with E-state index in [0.717, 1.165) is 11.4 Å². The van der Waals surface area contributed by atoms with E-state index in [1.165, 1.54) is 0 Å². The van der Waals surface area contributed by atoms with Crippen LogP contribution in [0.15, 0.2) is 36.9 Å². The molecule has 0 aliphatic rings. The van der Waals surface area contributed by atoms with E-state index in [2.05, 4.69) is 11.9 Å². The second-order valence-corrected chi connectivity index (χ2v) is 3.70. The molecular weight excluding hydrogens is 230 g/mol. The van der Waals surface area contributed by atoms with Gasteiger partial charge in [-0.05, 0) is 37.6 Å². The van der Waals surface area contributed by atoms with Gasteiger partial charge >= 0.3 is 5.97 Å². The average molecular weight is 249 g/mol. The molecule has 0 bridgehead atoms. The van der Waals surface area contributed by atoms with Gasteiger partial charge in [-0.25, -0.2) is 4.79 Å². The number of nitrogens with one attached hydrogen (secondary N) is 1. The van der Waals surface area contributed by atoms with Gasteiger partial charge < -0.3 is 14.8 Å². The van der Waals surface area contributed by atoms with Crippen molar-refractivity contribution in [3.05, 3.63) is 36.9 Å². The Morgan fingerprint density at radius 3 is 2.61 bits per heavy atom. The van der Waals surface area contributed by atoms with Gasteiger partial charge in [-0.3, -0.25) is 0 Å². The average Bonchev–Trinajstić information content (AvgIpc) is 2.39. The highest BCUT2D eigenvalue weighted by atomic mass is 16.5. The van der Waals surface area contributed by atoms with Crippen LogP contribution >= 0.6 is 0 Å². The molecule has 0 spiro atoms. The van der Waals surface area contributed by atoms with Crippen molar-refractivity contribution in [2.24, 2.45) is 0 Å². The Bertz CT molecular complexity index is 387. The minimum absolute atomic E-state index is 0.270. The third kappa shape index (κ3) is 4.13. The summed E-state index contributed by atoms with van der Waals surface area (Å²) in [7, 11) is 1.61. The van der Waals surface area contributed by atoms with Crippen molar-refractivity contribution in [3.63, 3.8) is 0 Å². The molecule has 0 heterocycles. The van der Waals surface area contributed by atoms with Gasteiger partial charge in [0.05, 0.1) is 13.7 Å². The summed E-state index contributed by atoms with van der Waals surface area (Å²) in [5.74, 6) is 0.505. The Kier molecular flexibility index (Phi) is 5.77. The van der Waals surface area contributed by atoms with Crippen LogP contribution < -0.4 is 10.1 Å². The van der Waals surface area contributed by atoms with Gasteiger partial charge in [0.2, 0.25) is 0 Å². The molecule has 1 rings (SSSR count). The van der Waals surface area contributed by atoms with E-state index >= 15 is 0 Å². The van der Waals surface area contributed by atoms with Crippen molar-refractivity contribution >= 4 is 11.7 Å². The number of anilines is 1. The molecule has 98 valence electrons. The molecule has 0 radical (unpaired) electrons. The van der Waals surface area contributed by atoms with Crippen molar-refractivity contribution in [1.29, 1.82) is 0 Å². The van der Waals surface area contributed by atoms with E-state index in [0.29, 0.717) is 13.0 Å². The monoisotopic (exact) mass is 249 g/mol. The summed E-state index contributed by atoms with van der Waals surface area (Å²) in [4.78, 5) is 11.7. The number of carbonyl (C=O) groups excluding carboxylic acids is 1. The summed E-state index contributed by atoms with van der Waals surface area (Å²) in [5, 5.41) is 3.11. The number of carbonyl (C=O) groups is 1. The first-order chi connectivity index (χ1) is 8.71. The topological polar surface area (TPSA) is 47.6 Å². The van der Waals surface area contributed by atoms with Crippen LogP contribution in [0.2, 0.25) is 0 Å². The molecule has 0 amide bonds. The molecule has 0 saturated heterocycles. The maximum atomic E-state index is 11.7. The highest BCUT2D eigenvalue weighted by Crippen LogP contribution is 2.16. The first-order valence-corrected chi connectivity index (χ1v) is 5.89. The summed E-state index contributed by atoms with van der Waals surface area (Å²) < 4.78 is 10.1. The van der Waals surface area contributed by atoms with Crippen molar-refractivity contribution in [2.75, 3.05) is 19.0 Å². The zero-order valence-electron chi connectivity index (χ0n) is 10.8. The quantitative estimate of drug-likeness (QED) is 0.596. The SMILES string of the molecule is C=CC[C@H](Nc1ccc(OC)cc1)C(=O)OCC. The van der Waals surface area contributed by atoms with Crippen molar-refractivity contribution in [1.82, 2.24) is 0 Å². The summed E-state index contributed by atoms with van der Waals surface area (Å²) in [5.41, 5.74) is 0.843. The van der Waals surface area contributed by atoms with E-state index in [9.17, 15) is 4.79 Å². The second kappa shape index (κ2) is 7.37. The minimum atomic E-state index is -0.407. The number of ether oxygens (including phenoxy) is 2. The van der Waals surface area contributed by atoms with E-state index < -0.39 is 6.04 Å². The highest BCUT2D eigenvalue weighted by Gasteiger charge is 2.17. The normalized spacial score (nSPS) is 11.4. The first-order valence-electron chi connectivity index (χ1n) is 5.89. The Balaban J connectivity index is 2.69. The molecule has 1 aromatic rings. The number of rotatable bonds is 7. The first kappa shape index (κ1) is 14.1. The van der Waals surface area contributed by atoms with Crippen LogP contribution in [-0.2, 0) is 9.53 Å². The summed E-state index contributed by atoms with van der Waals surface area (Å²) in [6, 6.07) is 6.97. The second-order valence-electron chi connectivity index (χ2n) is 3.70. The number of esters is 1. The van der Waals surface area contributed by atoms with Crippen LogP contribution in [0.4, 0.5) is 5.69 Å². The maximum absolute atomic E-state index is 11.7. The fourth-order valence-corrected chi connectivity index (χ4v) is 1.51. The summed E-state index contributed by atoms with van der Waals surface area (Å²) in [6.07, 6.45) is 2.21. The molecular formula is C14H19NO3. The Morgan fingerprint density at radius 1 is 1.44 bits per heavy atom. The largest absolute Gasteiger partial charge is 0.497 e. The molecule has 1 aromatic carbocycles. The summed E-state index contributed by atoms with van der Waals surface area (Å²) >= 11 is 0. The Labute approximate surface area is 108 Å². The number of methoxy groups -OCH3 is 1. The van der Waals surface area contributed by atoms with Crippen LogP contribution in [0, 0.1) is 0 Å². The zero-order valence-corrected chi connectivity index (χ0v) is 10.8. The third-order valence-corrected chi connectivity index (χ3v) is 2.40. The number of hydrogen-bond donors (Lipinski definition) is 1. The van der Waals surface area contributed by atoms with Crippen LogP contribution in [-0.4, -0.2) is 25.7 Å². The van der Waals surface area contributed by atoms with Crippen molar-refractivity contribution < 1.29 is 14.3 Å². The Hall–Kier alpha value is -1.97. The molecule has 1 N–H and O–H groups in total. The fraction of sp³-hybridized carbons (Fsp3) is 0.357. The lowest BCUT2D eigenvalue weighted by Gasteiger charge is -2.17. The molecule has 0 fully saturated rings. The number of hydrogen-bond acceptors (Lipinski definition) is 4. The molecule has 4 nitrogen and oxygen atoms in total. The lowest BCUT2D eigenvalue weighted by molar-refractivity contribution is -0.143. The predicted octanol–water partition coefficient (Wildman–Crippen LogP) is 2.61. The lowest BCUT2D eigenvalue weighted by atomic mass is 10.2. The standard InChI is InChI=1S/C14H19NO3/c1-4-6-13(14(16)18-5-2)15-11-7-9-12(17-3)10-8-11/h4,7-10,13,15H,1,5-6H2,2-3H3/t13-/m0/s1. The van der Waals surface area contributed by atoms with Crippen LogP contribution in [0.3, 0.4) is 0 Å². The third-order valence-electron chi connectivity index (χ3n) is 2.40. The Morgan fingerprint density at radius 2 is 2.11 bits per heavy atom. The number of benzene rings is 1. The minimum Gasteiger partial charge on any atom is -0.497 e. The van der Waals surface area contributed by atoms with E-state index in [-0.39, 0.29) is 5.97 Å². The van der Waals surface area contributed by atoms with E-state index in [4.69, 9.17) is 9.47 Å². The van der Waals surface area contributed by atoms with Crippen LogP contribution in [0.5, 0.6) is 5.75 Å². The maximum Gasteiger partial charge on any atom is 0.328 e. The van der Waals surface area contributed by atoms with Crippen LogP contribution in [0.25, 0.3) is 0 Å². The molecule has 0 aliphatic carbocycles. The predicted molar refractivity (Wildman–Crippen MR) is 71.9 cm³/mol. The van der Waals surface area contributed by atoms with Crippen molar-refractivity contribution in [3.8, 4) is 5.75 Å². The summed E-state index contributed by atoms with van der Waals surface area (Å²) in [6.45, 7) is 5.80. The zero-order chi connectivity index (χ0) is 13.4. The lowest BCUT2D eigenvalue weighted by Crippen LogP contribution is -2.30. The molecule has 4 heteroatoms. The molecule has 1 atom stereocenters. The molecule has 18 heavy (non-hydrogen) atoms. The van der Waals surface area contributed by atoms with Gasteiger partial charge in [0, 0.05) is 5.69 Å². The van der Waals surface area contributed by atoms with Gasteiger partial charge in [-0.15, -0.1) is 6.58 Å². The van der Waals surface area contributed by atoms with Gasteiger partial charge in [0.15, 0.2) is 0 Å². The van der Waals surface area contributed by atoms with Gasteiger partial charge in [-0.2, -0.15) is 0 Å². The fourth-order valence-electron chi connectivity index (χ4n) is 1.51. The molecule has 0 saturated carbocycles.